The van der Waals surface area contributed by atoms with Crippen LogP contribution < -0.4 is 0 Å². The average molecular weight is 194 g/mol. The molecule has 0 saturated heterocycles. The number of imidazole rings is 1. The summed E-state index contributed by atoms with van der Waals surface area (Å²) in [7, 11) is 0. The number of thiazole rings is 1. The Hall–Kier alpha value is -1.16. The second-order valence-electron chi connectivity index (χ2n) is 3.10. The summed E-state index contributed by atoms with van der Waals surface area (Å²) in [6, 6.07) is 0. The molecule has 0 atom stereocenters. The van der Waals surface area contributed by atoms with Gasteiger partial charge >= 0.3 is 0 Å². The Balaban J connectivity index is 2.83. The van der Waals surface area contributed by atoms with E-state index < -0.39 is 0 Å². The maximum Gasteiger partial charge on any atom is 0.194 e. The van der Waals surface area contributed by atoms with Crippen molar-refractivity contribution in [2.75, 3.05) is 0 Å². The van der Waals surface area contributed by atoms with Crippen LogP contribution in [0, 0.1) is 13.8 Å². The molecule has 0 aromatic carbocycles. The van der Waals surface area contributed by atoms with Gasteiger partial charge in [0.1, 0.15) is 5.69 Å². The molecule has 0 aliphatic heterocycles. The summed E-state index contributed by atoms with van der Waals surface area (Å²) in [4.78, 5) is 17.7. The highest BCUT2D eigenvalue weighted by atomic mass is 32.1. The number of aromatic nitrogens is 2. The summed E-state index contributed by atoms with van der Waals surface area (Å²) in [5.41, 5.74) is 1.53. The monoisotopic (exact) mass is 194 g/mol. The number of hydrogen-bond acceptors (Lipinski definition) is 3. The molecule has 0 saturated carbocycles. The van der Waals surface area contributed by atoms with Crippen molar-refractivity contribution in [3.8, 4) is 0 Å². The molecular formula is C9H10N2OS. The minimum absolute atomic E-state index is 0.0720. The van der Waals surface area contributed by atoms with Gasteiger partial charge in [-0.15, -0.1) is 11.3 Å². The zero-order chi connectivity index (χ0) is 9.59. The smallest absolute Gasteiger partial charge is 0.194 e. The molecule has 2 heterocycles. The van der Waals surface area contributed by atoms with Crippen LogP contribution in [0.4, 0.5) is 0 Å². The molecule has 68 valence electrons. The molecule has 0 bridgehead atoms. The first kappa shape index (κ1) is 8.44. The largest absolute Gasteiger partial charge is 0.293 e. The van der Waals surface area contributed by atoms with Crippen molar-refractivity contribution >= 4 is 22.1 Å². The van der Waals surface area contributed by atoms with Gasteiger partial charge in [0.15, 0.2) is 10.7 Å². The lowest BCUT2D eigenvalue weighted by Gasteiger charge is -1.92. The number of hydrogen-bond donors (Lipinski definition) is 0. The molecule has 0 spiro atoms. The SMILES string of the molecule is CC(=O)c1c(C)nc2sc(C)cn12. The number of rotatable bonds is 1. The Morgan fingerprint density at radius 1 is 1.54 bits per heavy atom. The number of Topliss-reactive ketones (excluding diaryl/α,β-unsaturated/α-hetero) is 1. The van der Waals surface area contributed by atoms with E-state index >= 15 is 0 Å². The summed E-state index contributed by atoms with van der Waals surface area (Å²) >= 11 is 1.60. The lowest BCUT2D eigenvalue weighted by molar-refractivity contribution is 0.101. The fourth-order valence-corrected chi connectivity index (χ4v) is 2.36. The van der Waals surface area contributed by atoms with Crippen molar-refractivity contribution in [2.45, 2.75) is 20.8 Å². The summed E-state index contributed by atoms with van der Waals surface area (Å²) in [6.07, 6.45) is 1.96. The first-order valence-electron chi connectivity index (χ1n) is 4.05. The zero-order valence-corrected chi connectivity index (χ0v) is 8.60. The second-order valence-corrected chi connectivity index (χ2v) is 4.31. The predicted molar refractivity (Wildman–Crippen MR) is 52.5 cm³/mol. The van der Waals surface area contributed by atoms with Gasteiger partial charge in [-0.2, -0.15) is 0 Å². The number of carbonyl (C=O) groups excluding carboxylic acids is 1. The van der Waals surface area contributed by atoms with Gasteiger partial charge in [0.05, 0.1) is 5.69 Å². The Bertz CT molecular complexity index is 481. The second kappa shape index (κ2) is 2.67. The molecule has 3 nitrogen and oxygen atoms in total. The zero-order valence-electron chi connectivity index (χ0n) is 7.79. The van der Waals surface area contributed by atoms with E-state index in [1.807, 2.05) is 24.4 Å². The number of carbonyl (C=O) groups is 1. The minimum Gasteiger partial charge on any atom is -0.293 e. The van der Waals surface area contributed by atoms with E-state index in [9.17, 15) is 4.79 Å². The Kier molecular flexibility index (Phi) is 1.73. The molecule has 2 aromatic rings. The van der Waals surface area contributed by atoms with Crippen LogP contribution in [-0.4, -0.2) is 15.2 Å². The van der Waals surface area contributed by atoms with Gasteiger partial charge in [-0.05, 0) is 13.8 Å². The van der Waals surface area contributed by atoms with Gasteiger partial charge in [0.2, 0.25) is 0 Å². The van der Waals surface area contributed by atoms with E-state index in [0.29, 0.717) is 5.69 Å². The van der Waals surface area contributed by atoms with Crippen LogP contribution >= 0.6 is 11.3 Å². The number of aryl methyl sites for hydroxylation is 2. The topological polar surface area (TPSA) is 34.4 Å². The third-order valence-corrected chi connectivity index (χ3v) is 2.85. The average Bonchev–Trinajstić information content (AvgIpc) is 2.41. The van der Waals surface area contributed by atoms with Crippen LogP contribution in [-0.2, 0) is 0 Å². The molecule has 0 aliphatic carbocycles. The van der Waals surface area contributed by atoms with E-state index in [1.54, 1.807) is 18.3 Å². The van der Waals surface area contributed by atoms with Gasteiger partial charge < -0.3 is 0 Å². The number of ketones is 1. The van der Waals surface area contributed by atoms with Crippen LogP contribution in [0.2, 0.25) is 0 Å². The van der Waals surface area contributed by atoms with Crippen molar-refractivity contribution in [1.82, 2.24) is 9.38 Å². The molecule has 13 heavy (non-hydrogen) atoms. The Morgan fingerprint density at radius 2 is 2.23 bits per heavy atom. The fourth-order valence-electron chi connectivity index (χ4n) is 1.49. The summed E-state index contributed by atoms with van der Waals surface area (Å²) < 4.78 is 1.87. The maximum atomic E-state index is 11.3. The summed E-state index contributed by atoms with van der Waals surface area (Å²) in [5, 5.41) is 0. The van der Waals surface area contributed by atoms with E-state index in [2.05, 4.69) is 4.98 Å². The molecule has 4 heteroatoms. The molecule has 0 radical (unpaired) electrons. The highest BCUT2D eigenvalue weighted by molar-refractivity contribution is 7.17. The van der Waals surface area contributed by atoms with Gasteiger partial charge in [0.25, 0.3) is 0 Å². The molecule has 0 amide bonds. The van der Waals surface area contributed by atoms with Crippen LogP contribution in [0.3, 0.4) is 0 Å². The van der Waals surface area contributed by atoms with E-state index in [1.165, 1.54) is 4.88 Å². The molecule has 0 N–H and O–H groups in total. The lowest BCUT2D eigenvalue weighted by atomic mass is 10.2. The van der Waals surface area contributed by atoms with Gasteiger partial charge in [-0.3, -0.25) is 9.20 Å². The third-order valence-electron chi connectivity index (χ3n) is 1.95. The molecule has 2 rings (SSSR count). The first-order chi connectivity index (χ1) is 6.09. The van der Waals surface area contributed by atoms with Crippen LogP contribution in [0.1, 0.15) is 28.0 Å². The Labute approximate surface area is 80.0 Å². The molecule has 0 fully saturated rings. The van der Waals surface area contributed by atoms with Crippen LogP contribution in [0.25, 0.3) is 4.96 Å². The normalized spacial score (nSPS) is 11.0. The van der Waals surface area contributed by atoms with Gasteiger partial charge in [-0.25, -0.2) is 4.98 Å². The maximum absolute atomic E-state index is 11.3. The van der Waals surface area contributed by atoms with Crippen molar-refractivity contribution in [3.63, 3.8) is 0 Å². The highest BCUT2D eigenvalue weighted by Crippen LogP contribution is 2.20. The van der Waals surface area contributed by atoms with Crippen molar-refractivity contribution in [1.29, 1.82) is 0 Å². The quantitative estimate of drug-likeness (QED) is 0.652. The van der Waals surface area contributed by atoms with E-state index in [4.69, 9.17) is 0 Å². The molecular weight excluding hydrogens is 184 g/mol. The van der Waals surface area contributed by atoms with Crippen molar-refractivity contribution in [2.24, 2.45) is 0 Å². The van der Waals surface area contributed by atoms with Crippen molar-refractivity contribution in [3.05, 3.63) is 22.5 Å². The minimum atomic E-state index is 0.0720. The number of fused-ring (bicyclic) bond motifs is 1. The van der Waals surface area contributed by atoms with E-state index in [0.717, 1.165) is 10.7 Å². The fraction of sp³-hybridized carbons (Fsp3) is 0.333. The highest BCUT2D eigenvalue weighted by Gasteiger charge is 2.13. The first-order valence-corrected chi connectivity index (χ1v) is 4.87. The van der Waals surface area contributed by atoms with Gasteiger partial charge in [0, 0.05) is 18.0 Å². The Morgan fingerprint density at radius 3 is 2.85 bits per heavy atom. The predicted octanol–water partition coefficient (Wildman–Crippen LogP) is 2.22. The van der Waals surface area contributed by atoms with Gasteiger partial charge in [-0.1, -0.05) is 0 Å². The number of nitrogens with zero attached hydrogens (tertiary/aromatic N) is 2. The molecule has 0 aliphatic rings. The van der Waals surface area contributed by atoms with Crippen LogP contribution in [0.15, 0.2) is 6.20 Å². The van der Waals surface area contributed by atoms with Crippen LogP contribution in [0.5, 0.6) is 0 Å². The standard InChI is InChI=1S/C9H10N2OS/c1-5-4-11-8(7(3)12)6(2)10-9(11)13-5/h4H,1-3H3. The van der Waals surface area contributed by atoms with Crippen molar-refractivity contribution < 1.29 is 4.79 Å². The van der Waals surface area contributed by atoms with E-state index in [-0.39, 0.29) is 5.78 Å². The third kappa shape index (κ3) is 1.18. The summed E-state index contributed by atoms with van der Waals surface area (Å²) in [6.45, 7) is 5.45. The summed E-state index contributed by atoms with van der Waals surface area (Å²) in [5.74, 6) is 0.0720. The molecule has 0 unspecified atom stereocenters. The molecule has 2 aromatic heterocycles. The lowest BCUT2D eigenvalue weighted by Crippen LogP contribution is -1.98.